The van der Waals surface area contributed by atoms with Gasteiger partial charge >= 0.3 is 5.97 Å². The highest BCUT2D eigenvalue weighted by Gasteiger charge is 2.46. The Morgan fingerprint density at radius 3 is 2.71 bits per heavy atom. The second-order valence-electron chi connectivity index (χ2n) is 5.89. The molecule has 0 saturated heterocycles. The van der Waals surface area contributed by atoms with Crippen LogP contribution in [0.1, 0.15) is 30.7 Å². The molecule has 5 nitrogen and oxygen atoms in total. The van der Waals surface area contributed by atoms with Crippen LogP contribution >= 0.6 is 0 Å². The molecule has 0 aliphatic heterocycles. The minimum Gasteiger partial charge on any atom is -0.481 e. The van der Waals surface area contributed by atoms with Gasteiger partial charge in [0, 0.05) is 24.0 Å². The summed E-state index contributed by atoms with van der Waals surface area (Å²) in [6.07, 6.45) is 5.99. The van der Waals surface area contributed by atoms with Gasteiger partial charge in [-0.2, -0.15) is 0 Å². The maximum Gasteiger partial charge on any atom is 0.303 e. The van der Waals surface area contributed by atoms with E-state index in [4.69, 9.17) is 5.11 Å². The number of carbonyl (C=O) groups is 1. The minimum absolute atomic E-state index is 0.0703. The number of carboxylic acids is 1. The highest BCUT2D eigenvalue weighted by molar-refractivity contribution is 5.66. The molecule has 0 heterocycles. The van der Waals surface area contributed by atoms with Crippen molar-refractivity contribution in [1.82, 2.24) is 0 Å². The first-order valence-corrected chi connectivity index (χ1v) is 7.21. The highest BCUT2D eigenvalue weighted by atomic mass is 16.6. The molecule has 0 spiro atoms. The van der Waals surface area contributed by atoms with E-state index in [-0.39, 0.29) is 28.9 Å². The topological polar surface area (TPSA) is 80.4 Å². The van der Waals surface area contributed by atoms with Crippen LogP contribution in [0.2, 0.25) is 0 Å². The van der Waals surface area contributed by atoms with Gasteiger partial charge in [-0.25, -0.2) is 0 Å². The van der Waals surface area contributed by atoms with Crippen molar-refractivity contribution in [3.8, 4) is 0 Å². The fourth-order valence-electron chi connectivity index (χ4n) is 4.01. The first-order valence-electron chi connectivity index (χ1n) is 7.21. The number of aliphatic carboxylic acids is 1. The number of para-hydroxylation sites is 1. The lowest BCUT2D eigenvalue weighted by atomic mass is 9.76. The molecule has 2 aliphatic carbocycles. The number of allylic oxidation sites excluding steroid dienone is 2. The lowest BCUT2D eigenvalue weighted by Crippen LogP contribution is -2.20. The van der Waals surface area contributed by atoms with Crippen LogP contribution < -0.4 is 0 Å². The lowest BCUT2D eigenvalue weighted by Gasteiger charge is -2.27. The second kappa shape index (κ2) is 5.31. The van der Waals surface area contributed by atoms with Crippen molar-refractivity contribution in [3.05, 3.63) is 52.1 Å². The van der Waals surface area contributed by atoms with Crippen LogP contribution in [0.5, 0.6) is 0 Å². The Labute approximate surface area is 122 Å². The monoisotopic (exact) mass is 287 g/mol. The molecule has 1 N–H and O–H groups in total. The standard InChI is InChI=1S/C16H17NO4/c18-15(19)8-7-12-10-5-6-11(9-10)16(12)13-3-1-2-4-14(13)17(20)21/h1-6,10-12,16H,7-9H2,(H,18,19). The van der Waals surface area contributed by atoms with Gasteiger partial charge < -0.3 is 5.11 Å². The SMILES string of the molecule is O=C(O)CCC1C2C=CC(C2)C1c1ccccc1[N+](=O)[O-]. The number of carboxylic acid groups (broad SMARTS) is 1. The maximum absolute atomic E-state index is 11.3. The second-order valence-corrected chi connectivity index (χ2v) is 5.89. The number of fused-ring (bicyclic) bond motifs is 2. The summed E-state index contributed by atoms with van der Waals surface area (Å²) in [6.45, 7) is 0. The molecular formula is C16H17NO4. The molecule has 5 heteroatoms. The molecule has 0 aromatic heterocycles. The Hall–Kier alpha value is -2.17. The molecule has 3 rings (SSSR count). The fourth-order valence-corrected chi connectivity index (χ4v) is 4.01. The molecule has 0 radical (unpaired) electrons. The Morgan fingerprint density at radius 1 is 1.29 bits per heavy atom. The molecule has 1 aromatic carbocycles. The molecule has 0 amide bonds. The zero-order valence-electron chi connectivity index (χ0n) is 11.5. The smallest absolute Gasteiger partial charge is 0.303 e. The van der Waals surface area contributed by atoms with E-state index in [9.17, 15) is 14.9 Å². The van der Waals surface area contributed by atoms with Gasteiger partial charge in [0.15, 0.2) is 0 Å². The molecule has 4 atom stereocenters. The van der Waals surface area contributed by atoms with Gasteiger partial charge in [-0.05, 0) is 30.6 Å². The third-order valence-electron chi connectivity index (χ3n) is 4.81. The number of hydrogen-bond acceptors (Lipinski definition) is 3. The van der Waals surface area contributed by atoms with Crippen LogP contribution in [-0.2, 0) is 4.79 Å². The van der Waals surface area contributed by atoms with E-state index in [0.717, 1.165) is 12.0 Å². The summed E-state index contributed by atoms with van der Waals surface area (Å²) in [6, 6.07) is 6.87. The third kappa shape index (κ3) is 2.44. The number of nitro groups is 1. The van der Waals surface area contributed by atoms with Crippen molar-refractivity contribution in [1.29, 1.82) is 0 Å². The van der Waals surface area contributed by atoms with Crippen LogP contribution in [-0.4, -0.2) is 16.0 Å². The van der Waals surface area contributed by atoms with Crippen molar-refractivity contribution < 1.29 is 14.8 Å². The Kier molecular flexibility index (Phi) is 3.49. The summed E-state index contributed by atoms with van der Waals surface area (Å²) in [5.74, 6) is 0.121. The number of hydrogen-bond donors (Lipinski definition) is 1. The number of nitrogens with zero attached hydrogens (tertiary/aromatic N) is 1. The molecular weight excluding hydrogens is 270 g/mol. The number of rotatable bonds is 5. The molecule has 110 valence electrons. The zero-order chi connectivity index (χ0) is 15.0. The largest absolute Gasteiger partial charge is 0.481 e. The Morgan fingerprint density at radius 2 is 2.00 bits per heavy atom. The van der Waals surface area contributed by atoms with Gasteiger partial charge in [-0.15, -0.1) is 0 Å². The number of nitro benzene ring substituents is 1. The lowest BCUT2D eigenvalue weighted by molar-refractivity contribution is -0.385. The summed E-state index contributed by atoms with van der Waals surface area (Å²) in [5.41, 5.74) is 0.915. The van der Waals surface area contributed by atoms with Gasteiger partial charge in [0.2, 0.25) is 0 Å². The van der Waals surface area contributed by atoms with E-state index in [1.54, 1.807) is 12.1 Å². The molecule has 1 aromatic rings. The average molecular weight is 287 g/mol. The summed E-state index contributed by atoms with van der Waals surface area (Å²) < 4.78 is 0. The van der Waals surface area contributed by atoms with Crippen molar-refractivity contribution in [2.45, 2.75) is 25.2 Å². The summed E-state index contributed by atoms with van der Waals surface area (Å²) in [5, 5.41) is 20.2. The van der Waals surface area contributed by atoms with E-state index in [2.05, 4.69) is 12.2 Å². The normalized spacial score (nSPS) is 29.7. The van der Waals surface area contributed by atoms with Crippen molar-refractivity contribution >= 4 is 11.7 Å². The zero-order valence-corrected chi connectivity index (χ0v) is 11.5. The highest BCUT2D eigenvalue weighted by Crippen LogP contribution is 2.55. The summed E-state index contributed by atoms with van der Waals surface area (Å²) in [7, 11) is 0. The molecule has 1 fully saturated rings. The molecule has 21 heavy (non-hydrogen) atoms. The van der Waals surface area contributed by atoms with E-state index in [1.165, 1.54) is 0 Å². The number of benzene rings is 1. The van der Waals surface area contributed by atoms with Crippen molar-refractivity contribution in [3.63, 3.8) is 0 Å². The van der Waals surface area contributed by atoms with Crippen LogP contribution in [0.4, 0.5) is 5.69 Å². The minimum atomic E-state index is -0.803. The molecule has 2 bridgehead atoms. The first kappa shape index (κ1) is 13.8. The van der Waals surface area contributed by atoms with Crippen LogP contribution in [0, 0.1) is 27.9 Å². The predicted molar refractivity (Wildman–Crippen MR) is 76.9 cm³/mol. The van der Waals surface area contributed by atoms with Gasteiger partial charge in [0.1, 0.15) is 0 Å². The van der Waals surface area contributed by atoms with Gasteiger partial charge in [0.05, 0.1) is 4.92 Å². The predicted octanol–water partition coefficient (Wildman–Crippen LogP) is 3.37. The van der Waals surface area contributed by atoms with Crippen molar-refractivity contribution in [2.24, 2.45) is 17.8 Å². The first-order chi connectivity index (χ1) is 10.1. The van der Waals surface area contributed by atoms with Crippen molar-refractivity contribution in [2.75, 3.05) is 0 Å². The van der Waals surface area contributed by atoms with Gasteiger partial charge in [0.25, 0.3) is 5.69 Å². The van der Waals surface area contributed by atoms with Crippen LogP contribution in [0.3, 0.4) is 0 Å². The molecule has 2 aliphatic rings. The van der Waals surface area contributed by atoms with E-state index in [1.807, 2.05) is 12.1 Å². The van der Waals surface area contributed by atoms with Gasteiger partial charge in [-0.3, -0.25) is 14.9 Å². The quantitative estimate of drug-likeness (QED) is 0.511. The van der Waals surface area contributed by atoms with E-state index >= 15 is 0 Å². The van der Waals surface area contributed by atoms with E-state index < -0.39 is 5.97 Å². The van der Waals surface area contributed by atoms with Crippen LogP contribution in [0.15, 0.2) is 36.4 Å². The fraction of sp³-hybridized carbons (Fsp3) is 0.438. The molecule has 1 saturated carbocycles. The third-order valence-corrected chi connectivity index (χ3v) is 4.81. The maximum atomic E-state index is 11.3. The Balaban J connectivity index is 1.94. The summed E-state index contributed by atoms with van der Waals surface area (Å²) in [4.78, 5) is 21.8. The molecule has 4 unspecified atom stereocenters. The Bertz CT molecular complexity index is 610. The van der Waals surface area contributed by atoms with Gasteiger partial charge in [-0.1, -0.05) is 30.4 Å². The summed E-state index contributed by atoms with van der Waals surface area (Å²) >= 11 is 0. The van der Waals surface area contributed by atoms with Crippen LogP contribution in [0.25, 0.3) is 0 Å². The average Bonchev–Trinajstić information content (AvgIpc) is 3.05. The van der Waals surface area contributed by atoms with E-state index in [0.29, 0.717) is 18.3 Å².